The Labute approximate surface area is 110 Å². The summed E-state index contributed by atoms with van der Waals surface area (Å²) < 4.78 is 11.4. The Morgan fingerprint density at radius 2 is 2.22 bits per heavy atom. The highest BCUT2D eigenvalue weighted by Crippen LogP contribution is 2.29. The monoisotopic (exact) mass is 257 g/mol. The molecule has 2 saturated heterocycles. The zero-order valence-electron chi connectivity index (χ0n) is 11.6. The van der Waals surface area contributed by atoms with Crippen molar-refractivity contribution in [2.75, 3.05) is 46.1 Å². The molecule has 1 N–H and O–H groups in total. The van der Waals surface area contributed by atoms with Crippen molar-refractivity contribution in [1.29, 1.82) is 0 Å². The molecule has 0 radical (unpaired) electrons. The van der Waals surface area contributed by atoms with Crippen LogP contribution in [0.1, 0.15) is 32.6 Å². The topological polar surface area (TPSA) is 41.9 Å². The summed E-state index contributed by atoms with van der Waals surface area (Å²) in [4.78, 5) is 2.46. The highest BCUT2D eigenvalue weighted by atomic mass is 16.5. The molecule has 0 aromatic carbocycles. The normalized spacial score (nSPS) is 35.3. The van der Waals surface area contributed by atoms with Crippen LogP contribution in [0.3, 0.4) is 0 Å². The van der Waals surface area contributed by atoms with Gasteiger partial charge in [0.1, 0.15) is 0 Å². The van der Waals surface area contributed by atoms with E-state index in [0.29, 0.717) is 12.7 Å². The van der Waals surface area contributed by atoms with Gasteiger partial charge in [-0.2, -0.15) is 0 Å². The molecule has 2 unspecified atom stereocenters. The highest BCUT2D eigenvalue weighted by Gasteiger charge is 2.35. The van der Waals surface area contributed by atoms with Crippen molar-refractivity contribution in [3.8, 4) is 0 Å². The predicted octanol–water partition coefficient (Wildman–Crippen LogP) is 1.28. The van der Waals surface area contributed by atoms with E-state index >= 15 is 0 Å². The highest BCUT2D eigenvalue weighted by molar-refractivity contribution is 4.86. The smallest absolute Gasteiger partial charge is 0.0699 e. The average molecular weight is 257 g/mol. The number of hydrogen-bond donors (Lipinski definition) is 1. The predicted molar refractivity (Wildman–Crippen MR) is 70.7 cm³/mol. The molecule has 0 aliphatic carbocycles. The third kappa shape index (κ3) is 3.67. The van der Waals surface area contributed by atoms with Crippen molar-refractivity contribution < 1.29 is 14.6 Å². The maximum Gasteiger partial charge on any atom is 0.0699 e. The summed E-state index contributed by atoms with van der Waals surface area (Å²) in [5.74, 6) is 0. The fourth-order valence-corrected chi connectivity index (χ4v) is 3.04. The summed E-state index contributed by atoms with van der Waals surface area (Å²) in [6, 6.07) is 0. The van der Waals surface area contributed by atoms with E-state index in [1.165, 1.54) is 0 Å². The lowest BCUT2D eigenvalue weighted by atomic mass is 9.82. The van der Waals surface area contributed by atoms with Crippen molar-refractivity contribution in [3.05, 3.63) is 0 Å². The van der Waals surface area contributed by atoms with Gasteiger partial charge in [0.25, 0.3) is 0 Å². The minimum atomic E-state index is -0.0408. The Balaban J connectivity index is 1.92. The largest absolute Gasteiger partial charge is 0.396 e. The SMILES string of the molecule is CCC1CN(CC2(CO)CCCOC2)CCCO1. The zero-order chi connectivity index (χ0) is 12.8. The molecule has 2 atom stereocenters. The summed E-state index contributed by atoms with van der Waals surface area (Å²) in [5, 5.41) is 9.73. The van der Waals surface area contributed by atoms with Crippen LogP contribution in [0.15, 0.2) is 0 Å². The summed E-state index contributed by atoms with van der Waals surface area (Å²) in [5.41, 5.74) is -0.0408. The van der Waals surface area contributed by atoms with Crippen LogP contribution in [0.5, 0.6) is 0 Å². The quantitative estimate of drug-likeness (QED) is 0.824. The van der Waals surface area contributed by atoms with Crippen LogP contribution in [0.4, 0.5) is 0 Å². The lowest BCUT2D eigenvalue weighted by molar-refractivity contribution is -0.0580. The summed E-state index contributed by atoms with van der Waals surface area (Å²) >= 11 is 0. The first-order valence-electron chi connectivity index (χ1n) is 7.30. The van der Waals surface area contributed by atoms with Crippen LogP contribution >= 0.6 is 0 Å². The van der Waals surface area contributed by atoms with Crippen molar-refractivity contribution in [2.45, 2.75) is 38.7 Å². The van der Waals surface area contributed by atoms with Crippen molar-refractivity contribution in [1.82, 2.24) is 4.90 Å². The van der Waals surface area contributed by atoms with Crippen molar-refractivity contribution in [3.63, 3.8) is 0 Å². The number of ether oxygens (including phenoxy) is 2. The number of aliphatic hydroxyl groups is 1. The molecule has 0 saturated carbocycles. The van der Waals surface area contributed by atoms with Gasteiger partial charge in [-0.25, -0.2) is 0 Å². The van der Waals surface area contributed by atoms with Crippen LogP contribution in [0, 0.1) is 5.41 Å². The molecule has 4 nitrogen and oxygen atoms in total. The fourth-order valence-electron chi connectivity index (χ4n) is 3.04. The molecule has 0 bridgehead atoms. The van der Waals surface area contributed by atoms with Gasteiger partial charge < -0.3 is 14.6 Å². The Kier molecular flexibility index (Phi) is 5.42. The minimum absolute atomic E-state index is 0.0408. The van der Waals surface area contributed by atoms with Crippen LogP contribution in [0.2, 0.25) is 0 Å². The molecule has 2 heterocycles. The number of rotatable bonds is 4. The van der Waals surface area contributed by atoms with Gasteiger partial charge in [0.15, 0.2) is 0 Å². The van der Waals surface area contributed by atoms with E-state index in [4.69, 9.17) is 9.47 Å². The molecule has 0 aromatic heterocycles. The van der Waals surface area contributed by atoms with Crippen LogP contribution < -0.4 is 0 Å². The number of hydrogen-bond acceptors (Lipinski definition) is 4. The van der Waals surface area contributed by atoms with E-state index in [2.05, 4.69) is 11.8 Å². The maximum atomic E-state index is 9.73. The van der Waals surface area contributed by atoms with E-state index in [1.807, 2.05) is 0 Å². The van der Waals surface area contributed by atoms with Gasteiger partial charge in [-0.15, -0.1) is 0 Å². The van der Waals surface area contributed by atoms with Gasteiger partial charge in [-0.1, -0.05) is 6.92 Å². The molecule has 2 fully saturated rings. The van der Waals surface area contributed by atoms with Crippen LogP contribution in [0.25, 0.3) is 0 Å². The minimum Gasteiger partial charge on any atom is -0.396 e. The Bertz CT molecular complexity index is 241. The molecule has 2 aliphatic heterocycles. The van der Waals surface area contributed by atoms with E-state index in [9.17, 15) is 5.11 Å². The molecular weight excluding hydrogens is 230 g/mol. The number of aliphatic hydroxyl groups excluding tert-OH is 1. The molecule has 18 heavy (non-hydrogen) atoms. The fraction of sp³-hybridized carbons (Fsp3) is 1.00. The molecule has 0 amide bonds. The zero-order valence-corrected chi connectivity index (χ0v) is 11.6. The molecule has 2 rings (SSSR count). The second kappa shape index (κ2) is 6.85. The third-order valence-corrected chi connectivity index (χ3v) is 4.19. The number of nitrogens with zero attached hydrogens (tertiary/aromatic N) is 1. The Hall–Kier alpha value is -0.160. The Morgan fingerprint density at radius 1 is 1.33 bits per heavy atom. The molecular formula is C14H27NO3. The molecule has 0 spiro atoms. The van der Waals surface area contributed by atoms with E-state index in [1.54, 1.807) is 0 Å². The standard InChI is InChI=1S/C14H27NO3/c1-2-13-9-15(6-4-8-18-13)10-14(11-16)5-3-7-17-12-14/h13,16H,2-12H2,1H3. The second-order valence-corrected chi connectivity index (χ2v) is 5.80. The summed E-state index contributed by atoms with van der Waals surface area (Å²) in [6.07, 6.45) is 4.67. The second-order valence-electron chi connectivity index (χ2n) is 5.80. The van der Waals surface area contributed by atoms with E-state index in [-0.39, 0.29) is 12.0 Å². The van der Waals surface area contributed by atoms with Crippen molar-refractivity contribution in [2.24, 2.45) is 5.41 Å². The van der Waals surface area contributed by atoms with E-state index < -0.39 is 0 Å². The van der Waals surface area contributed by atoms with Gasteiger partial charge in [-0.3, -0.25) is 4.90 Å². The molecule has 4 heteroatoms. The first-order valence-corrected chi connectivity index (χ1v) is 7.30. The van der Waals surface area contributed by atoms with Gasteiger partial charge >= 0.3 is 0 Å². The van der Waals surface area contributed by atoms with Crippen LogP contribution in [-0.4, -0.2) is 62.2 Å². The Morgan fingerprint density at radius 3 is 2.89 bits per heavy atom. The molecule has 0 aromatic rings. The first kappa shape index (κ1) is 14.3. The average Bonchev–Trinajstić information content (AvgIpc) is 2.65. The maximum absolute atomic E-state index is 9.73. The van der Waals surface area contributed by atoms with Gasteiger partial charge in [-0.05, 0) is 25.7 Å². The molecule has 2 aliphatic rings. The third-order valence-electron chi connectivity index (χ3n) is 4.19. The first-order chi connectivity index (χ1) is 8.78. The van der Waals surface area contributed by atoms with Crippen LogP contribution in [-0.2, 0) is 9.47 Å². The summed E-state index contributed by atoms with van der Waals surface area (Å²) in [6.45, 7) is 7.87. The summed E-state index contributed by atoms with van der Waals surface area (Å²) in [7, 11) is 0. The van der Waals surface area contributed by atoms with E-state index in [0.717, 1.165) is 58.5 Å². The molecule has 106 valence electrons. The van der Waals surface area contributed by atoms with Gasteiger partial charge in [0.2, 0.25) is 0 Å². The van der Waals surface area contributed by atoms with Crippen molar-refractivity contribution >= 4 is 0 Å². The lowest BCUT2D eigenvalue weighted by Crippen LogP contribution is -2.47. The van der Waals surface area contributed by atoms with Gasteiger partial charge in [0.05, 0.1) is 19.3 Å². The van der Waals surface area contributed by atoms with Gasteiger partial charge in [0, 0.05) is 38.3 Å². The lowest BCUT2D eigenvalue weighted by Gasteiger charge is -2.39.